The number of carbonyl (C=O) groups excluding carboxylic acids is 3. The van der Waals surface area contributed by atoms with Crippen LogP contribution in [0.2, 0.25) is 0 Å². The highest BCUT2D eigenvalue weighted by Crippen LogP contribution is 2.32. The number of hydrogen-bond donors (Lipinski definition) is 0. The highest BCUT2D eigenvalue weighted by atomic mass is 16.6. The van der Waals surface area contributed by atoms with Gasteiger partial charge in [-0.15, -0.1) is 0 Å². The Kier molecular flexibility index (Phi) is 10.8. The second kappa shape index (κ2) is 14.5. The average molecular weight is 606 g/mol. The van der Waals surface area contributed by atoms with E-state index in [0.29, 0.717) is 53.6 Å². The van der Waals surface area contributed by atoms with E-state index in [1.807, 2.05) is 50.2 Å². The van der Waals surface area contributed by atoms with Crippen LogP contribution in [-0.4, -0.2) is 51.3 Å². The molecule has 0 aliphatic heterocycles. The van der Waals surface area contributed by atoms with Crippen LogP contribution in [0.1, 0.15) is 82.3 Å². The van der Waals surface area contributed by atoms with Gasteiger partial charge in [-0.2, -0.15) is 0 Å². The molecule has 1 aliphatic carbocycles. The number of rotatable bonds is 10. The predicted molar refractivity (Wildman–Crippen MR) is 164 cm³/mol. The number of aryl methyl sites for hydroxylation is 3. The highest BCUT2D eigenvalue weighted by Gasteiger charge is 2.32. The van der Waals surface area contributed by atoms with Crippen molar-refractivity contribution in [1.82, 2.24) is 15.0 Å². The third-order valence-electron chi connectivity index (χ3n) is 7.50. The molecule has 0 N–H and O–H groups in total. The zero-order valence-electron chi connectivity index (χ0n) is 26.6. The Labute approximate surface area is 259 Å². The van der Waals surface area contributed by atoms with E-state index in [1.54, 1.807) is 33.8 Å². The molecule has 1 fully saturated rings. The van der Waals surface area contributed by atoms with Crippen LogP contribution in [0.5, 0.6) is 5.75 Å². The molecule has 1 aromatic carbocycles. The number of imide groups is 1. The molecule has 4 rings (SSSR count). The topological polar surface area (TPSA) is 121 Å². The number of pyridine rings is 1. The number of amides is 2. The molecule has 0 spiro atoms. The molecule has 1 saturated carbocycles. The number of carbonyl (C=O) groups is 3. The van der Waals surface area contributed by atoms with E-state index >= 15 is 0 Å². The zero-order chi connectivity index (χ0) is 31.9. The second-order valence-corrected chi connectivity index (χ2v) is 12.2. The lowest BCUT2D eigenvalue weighted by Gasteiger charge is -2.28. The monoisotopic (exact) mass is 605 g/mol. The molecule has 2 atom stereocenters. The Bertz CT molecular complexity index is 1440. The van der Waals surface area contributed by atoms with Crippen molar-refractivity contribution in [1.29, 1.82) is 0 Å². The van der Waals surface area contributed by atoms with Gasteiger partial charge in [0.05, 0.1) is 36.6 Å². The molecule has 2 aromatic heterocycles. The normalized spacial score (nSPS) is 16.7. The number of nitrogens with zero attached hydrogens (tertiary/aromatic N) is 3. The molecule has 10 nitrogen and oxygen atoms in total. The van der Waals surface area contributed by atoms with Crippen molar-refractivity contribution in [2.24, 2.45) is 5.92 Å². The number of benzene rings is 1. The van der Waals surface area contributed by atoms with Crippen molar-refractivity contribution in [3.05, 3.63) is 65.0 Å². The first-order chi connectivity index (χ1) is 20.9. The van der Waals surface area contributed by atoms with Gasteiger partial charge in [0.15, 0.2) is 5.76 Å². The zero-order valence-corrected chi connectivity index (χ0v) is 26.6. The molecule has 2 heterocycles. The van der Waals surface area contributed by atoms with Crippen molar-refractivity contribution in [2.45, 2.75) is 98.3 Å². The maximum absolute atomic E-state index is 13.4. The third-order valence-corrected chi connectivity index (χ3v) is 7.50. The lowest BCUT2D eigenvalue weighted by Crippen LogP contribution is -2.40. The quantitative estimate of drug-likeness (QED) is 0.231. The van der Waals surface area contributed by atoms with Crippen molar-refractivity contribution < 1.29 is 33.1 Å². The number of ether oxygens (including phenoxy) is 3. The Morgan fingerprint density at radius 2 is 1.77 bits per heavy atom. The molecule has 0 unspecified atom stereocenters. The predicted octanol–water partition coefficient (Wildman–Crippen LogP) is 6.75. The molecule has 1 aliphatic rings. The molecule has 2 amide bonds. The van der Waals surface area contributed by atoms with Gasteiger partial charge in [0.1, 0.15) is 17.0 Å². The first-order valence-corrected chi connectivity index (χ1v) is 15.3. The Morgan fingerprint density at radius 3 is 2.45 bits per heavy atom. The van der Waals surface area contributed by atoms with Crippen molar-refractivity contribution in [2.75, 3.05) is 6.61 Å². The third kappa shape index (κ3) is 8.67. The van der Waals surface area contributed by atoms with Gasteiger partial charge in [-0.25, -0.2) is 14.7 Å². The van der Waals surface area contributed by atoms with E-state index in [4.69, 9.17) is 23.7 Å². The van der Waals surface area contributed by atoms with Crippen LogP contribution in [0.25, 0.3) is 11.5 Å². The summed E-state index contributed by atoms with van der Waals surface area (Å²) in [4.78, 5) is 44.8. The largest absolute Gasteiger partial charge is 0.489 e. The molecule has 0 bridgehead atoms. The van der Waals surface area contributed by atoms with Gasteiger partial charge in [0.2, 0.25) is 5.91 Å². The van der Waals surface area contributed by atoms with Crippen LogP contribution in [0, 0.1) is 19.8 Å². The fourth-order valence-electron chi connectivity index (χ4n) is 5.24. The van der Waals surface area contributed by atoms with E-state index < -0.39 is 11.7 Å². The maximum Gasteiger partial charge on any atom is 0.417 e. The SMILES string of the molecule is CCOC(=O)[C@H]1CCC[C@H](Oc2ccc(-c3onc(C)c3CN(C(=O)CCc3ccccc3)C(=O)OC(C)(C)C)nc2C)C1. The Hall–Kier alpha value is -4.21. The van der Waals surface area contributed by atoms with Crippen LogP contribution in [-0.2, 0) is 32.0 Å². The van der Waals surface area contributed by atoms with Crippen LogP contribution in [0.3, 0.4) is 0 Å². The minimum absolute atomic E-state index is 0.0799. The minimum atomic E-state index is -0.787. The van der Waals surface area contributed by atoms with E-state index in [9.17, 15) is 14.4 Å². The fraction of sp³-hybridized carbons (Fsp3) is 0.500. The van der Waals surface area contributed by atoms with Crippen LogP contribution in [0.15, 0.2) is 47.0 Å². The maximum atomic E-state index is 13.4. The standard InChI is InChI=1S/C34H43N3O7/c1-7-41-32(39)25-14-11-15-26(20-25)42-29-18-17-28(35-23(29)3)31-27(22(2)36-44-31)21-37(33(40)43-34(4,5)6)30(38)19-16-24-12-9-8-10-13-24/h8-10,12-13,17-18,25-26H,7,11,14-16,19-21H2,1-6H3/t25-,26-/m0/s1. The van der Waals surface area contributed by atoms with Crippen LogP contribution >= 0.6 is 0 Å². The Morgan fingerprint density at radius 1 is 1.02 bits per heavy atom. The molecular formula is C34H43N3O7. The molecule has 44 heavy (non-hydrogen) atoms. The van der Waals surface area contributed by atoms with E-state index in [1.165, 1.54) is 0 Å². The van der Waals surface area contributed by atoms with Gasteiger partial charge in [-0.05, 0) is 91.3 Å². The summed E-state index contributed by atoms with van der Waals surface area (Å²) in [6, 6.07) is 13.2. The summed E-state index contributed by atoms with van der Waals surface area (Å²) in [7, 11) is 0. The molecule has 0 radical (unpaired) electrons. The van der Waals surface area contributed by atoms with Gasteiger partial charge in [0, 0.05) is 12.0 Å². The smallest absolute Gasteiger partial charge is 0.417 e. The van der Waals surface area contributed by atoms with Gasteiger partial charge in [-0.1, -0.05) is 35.5 Å². The van der Waals surface area contributed by atoms with Gasteiger partial charge in [0.25, 0.3) is 0 Å². The summed E-state index contributed by atoms with van der Waals surface area (Å²) in [5, 5.41) is 4.14. The minimum Gasteiger partial charge on any atom is -0.489 e. The Balaban J connectivity index is 1.52. The summed E-state index contributed by atoms with van der Waals surface area (Å²) in [5.41, 5.74) is 2.46. The van der Waals surface area contributed by atoms with Gasteiger partial charge < -0.3 is 18.7 Å². The van der Waals surface area contributed by atoms with E-state index in [2.05, 4.69) is 5.16 Å². The first kappa shape index (κ1) is 32.7. The number of hydrogen-bond acceptors (Lipinski definition) is 9. The molecule has 10 heteroatoms. The summed E-state index contributed by atoms with van der Waals surface area (Å²) in [6.45, 7) is 11.0. The molecule has 3 aromatic rings. The van der Waals surface area contributed by atoms with Crippen molar-refractivity contribution >= 4 is 18.0 Å². The first-order valence-electron chi connectivity index (χ1n) is 15.3. The molecule has 236 valence electrons. The summed E-state index contributed by atoms with van der Waals surface area (Å²) in [5.74, 6) is 0.285. The van der Waals surface area contributed by atoms with Crippen LogP contribution in [0.4, 0.5) is 4.79 Å². The fourth-order valence-corrected chi connectivity index (χ4v) is 5.24. The average Bonchev–Trinajstić information content (AvgIpc) is 3.35. The van der Waals surface area contributed by atoms with Crippen molar-refractivity contribution in [3.63, 3.8) is 0 Å². The lowest BCUT2D eigenvalue weighted by molar-refractivity contribution is -0.150. The second-order valence-electron chi connectivity index (χ2n) is 12.2. The molecular weight excluding hydrogens is 562 g/mol. The van der Waals surface area contributed by atoms with Gasteiger partial charge in [-0.3, -0.25) is 9.59 Å². The van der Waals surface area contributed by atoms with Gasteiger partial charge >= 0.3 is 12.1 Å². The van der Waals surface area contributed by atoms with E-state index in [0.717, 1.165) is 29.7 Å². The number of esters is 1. The van der Waals surface area contributed by atoms with Crippen molar-refractivity contribution in [3.8, 4) is 17.2 Å². The number of aromatic nitrogens is 2. The van der Waals surface area contributed by atoms with Crippen LogP contribution < -0.4 is 4.74 Å². The lowest BCUT2D eigenvalue weighted by atomic mass is 9.87. The molecule has 0 saturated heterocycles. The summed E-state index contributed by atoms with van der Waals surface area (Å²) < 4.78 is 22.8. The summed E-state index contributed by atoms with van der Waals surface area (Å²) >= 11 is 0. The highest BCUT2D eigenvalue weighted by molar-refractivity contribution is 5.92. The van der Waals surface area contributed by atoms with E-state index in [-0.39, 0.29) is 36.9 Å². The summed E-state index contributed by atoms with van der Waals surface area (Å²) in [6.07, 6.45) is 2.91.